The molecule has 2 unspecified atom stereocenters. The first-order valence-corrected chi connectivity index (χ1v) is 11.3. The van der Waals surface area contributed by atoms with E-state index < -0.39 is 11.4 Å². The van der Waals surface area contributed by atoms with Gasteiger partial charge in [0.1, 0.15) is 0 Å². The number of fused-ring (bicyclic) bond motifs is 2. The van der Waals surface area contributed by atoms with Crippen molar-refractivity contribution in [3.05, 3.63) is 107 Å². The Labute approximate surface area is 201 Å². The molecule has 4 aromatic rings. The fraction of sp³-hybridized carbons (Fsp3) is 0.107. The van der Waals surface area contributed by atoms with Crippen LogP contribution in [-0.2, 0) is 10.2 Å². The highest BCUT2D eigenvalue weighted by molar-refractivity contribution is 6.34. The maximum absolute atomic E-state index is 13.1. The number of nitrogens with one attached hydrogen (secondary N) is 1. The minimum atomic E-state index is -0.963. The van der Waals surface area contributed by atoms with E-state index in [0.29, 0.717) is 11.4 Å². The van der Waals surface area contributed by atoms with E-state index in [1.54, 1.807) is 24.5 Å². The van der Waals surface area contributed by atoms with Gasteiger partial charge in [0, 0.05) is 29.6 Å². The van der Waals surface area contributed by atoms with Gasteiger partial charge in [-0.1, -0.05) is 48.0 Å². The molecule has 3 aromatic carbocycles. The monoisotopic (exact) mass is 466 g/mol. The fourth-order valence-electron chi connectivity index (χ4n) is 5.08. The maximum atomic E-state index is 13.1. The van der Waals surface area contributed by atoms with Gasteiger partial charge < -0.3 is 10.4 Å². The van der Waals surface area contributed by atoms with Crippen LogP contribution >= 0.6 is 11.6 Å². The summed E-state index contributed by atoms with van der Waals surface area (Å²) >= 11 is 6.65. The summed E-state index contributed by atoms with van der Waals surface area (Å²) in [7, 11) is 0. The van der Waals surface area contributed by atoms with Gasteiger partial charge in [0.15, 0.2) is 0 Å². The smallest absolute Gasteiger partial charge is 0.335 e. The molecule has 2 aliphatic rings. The summed E-state index contributed by atoms with van der Waals surface area (Å²) in [6.45, 7) is 0. The van der Waals surface area contributed by atoms with E-state index in [1.807, 2.05) is 48.5 Å². The summed E-state index contributed by atoms with van der Waals surface area (Å²) in [6.07, 6.45) is 4.22. The molecule has 0 radical (unpaired) electrons. The Morgan fingerprint density at radius 2 is 1.59 bits per heavy atom. The molecule has 1 saturated carbocycles. The number of rotatable bonds is 4. The third kappa shape index (κ3) is 3.12. The van der Waals surface area contributed by atoms with Crippen molar-refractivity contribution < 1.29 is 14.7 Å². The van der Waals surface area contributed by atoms with E-state index in [2.05, 4.69) is 22.4 Å². The highest BCUT2D eigenvalue weighted by Gasteiger charge is 2.65. The summed E-state index contributed by atoms with van der Waals surface area (Å²) in [4.78, 5) is 28.3. The van der Waals surface area contributed by atoms with Crippen LogP contribution in [0.15, 0.2) is 85.2 Å². The summed E-state index contributed by atoms with van der Waals surface area (Å²) < 4.78 is 0. The largest absolute Gasteiger partial charge is 0.478 e. The summed E-state index contributed by atoms with van der Waals surface area (Å²) in [5, 5.41) is 12.8. The number of halogens is 1. The van der Waals surface area contributed by atoms with Crippen molar-refractivity contribution in [2.45, 2.75) is 17.8 Å². The average Bonchev–Trinajstić information content (AvgIpc) is 3.55. The van der Waals surface area contributed by atoms with E-state index in [4.69, 9.17) is 11.6 Å². The molecule has 1 spiro atoms. The highest BCUT2D eigenvalue weighted by Crippen LogP contribution is 2.65. The highest BCUT2D eigenvalue weighted by atomic mass is 35.5. The summed E-state index contributed by atoms with van der Waals surface area (Å²) in [5.74, 6) is -0.994. The molecule has 5 nitrogen and oxygen atoms in total. The number of carboxylic acid groups (broad SMARTS) is 1. The lowest BCUT2D eigenvalue weighted by Gasteiger charge is -2.13. The van der Waals surface area contributed by atoms with Gasteiger partial charge in [-0.2, -0.15) is 0 Å². The van der Waals surface area contributed by atoms with Crippen molar-refractivity contribution in [2.24, 2.45) is 0 Å². The molecule has 0 bridgehead atoms. The lowest BCUT2D eigenvalue weighted by molar-refractivity contribution is -0.118. The minimum Gasteiger partial charge on any atom is -0.478 e. The number of nitrogens with zero attached hydrogens (tertiary/aromatic N) is 1. The first-order valence-electron chi connectivity index (χ1n) is 11.0. The van der Waals surface area contributed by atoms with Gasteiger partial charge in [-0.05, 0) is 70.6 Å². The van der Waals surface area contributed by atoms with Crippen molar-refractivity contribution in [3.63, 3.8) is 0 Å². The predicted octanol–water partition coefficient (Wildman–Crippen LogP) is 6.14. The zero-order valence-corrected chi connectivity index (χ0v) is 18.7. The molecule has 1 amide bonds. The Bertz CT molecular complexity index is 1450. The lowest BCUT2D eigenvalue weighted by Crippen LogP contribution is -2.21. The van der Waals surface area contributed by atoms with Crippen molar-refractivity contribution in [2.75, 3.05) is 5.32 Å². The number of carbonyl (C=O) groups excluding carboxylic acids is 1. The van der Waals surface area contributed by atoms with Gasteiger partial charge in [0.25, 0.3) is 0 Å². The van der Waals surface area contributed by atoms with Crippen LogP contribution in [0.5, 0.6) is 0 Å². The number of benzene rings is 3. The number of aromatic carboxylic acids is 1. The number of hydrogen-bond donors (Lipinski definition) is 2. The number of aromatic nitrogens is 1. The van der Waals surface area contributed by atoms with Crippen LogP contribution in [0.1, 0.15) is 33.8 Å². The fourth-order valence-corrected chi connectivity index (χ4v) is 5.35. The van der Waals surface area contributed by atoms with E-state index in [0.717, 1.165) is 39.1 Å². The second-order valence-corrected chi connectivity index (χ2v) is 9.21. The maximum Gasteiger partial charge on any atom is 0.335 e. The zero-order valence-electron chi connectivity index (χ0n) is 18.0. The second kappa shape index (κ2) is 7.54. The van der Waals surface area contributed by atoms with E-state index in [9.17, 15) is 14.7 Å². The summed E-state index contributed by atoms with van der Waals surface area (Å²) in [5.41, 5.74) is 6.28. The van der Waals surface area contributed by atoms with Gasteiger partial charge in [-0.25, -0.2) is 4.79 Å². The molecule has 34 heavy (non-hydrogen) atoms. The first kappa shape index (κ1) is 20.6. The molecule has 1 aromatic heterocycles. The Kier molecular flexibility index (Phi) is 4.57. The molecule has 2 heterocycles. The SMILES string of the molecule is O=C(O)c1ccc(C2CC23C(=O)Nc2cc(Cl)c(-c4ccc(-c5ccncc5)cc4)cc23)cc1. The number of anilines is 1. The normalized spacial score (nSPS) is 20.1. The Morgan fingerprint density at radius 3 is 2.26 bits per heavy atom. The summed E-state index contributed by atoms with van der Waals surface area (Å²) in [6, 6.07) is 22.8. The topological polar surface area (TPSA) is 79.3 Å². The van der Waals surface area contributed by atoms with Gasteiger partial charge >= 0.3 is 5.97 Å². The Hall–Kier alpha value is -3.96. The van der Waals surface area contributed by atoms with Crippen LogP contribution in [0, 0.1) is 0 Å². The van der Waals surface area contributed by atoms with E-state index >= 15 is 0 Å². The third-order valence-corrected chi connectivity index (χ3v) is 7.28. The van der Waals surface area contributed by atoms with Gasteiger partial charge in [-0.15, -0.1) is 0 Å². The van der Waals surface area contributed by atoms with Crippen LogP contribution in [0.25, 0.3) is 22.3 Å². The molecule has 166 valence electrons. The first-order chi connectivity index (χ1) is 16.5. The van der Waals surface area contributed by atoms with Crippen LogP contribution < -0.4 is 5.32 Å². The molecule has 6 rings (SSSR count). The van der Waals surface area contributed by atoms with E-state index in [-0.39, 0.29) is 17.4 Å². The number of carbonyl (C=O) groups is 2. The van der Waals surface area contributed by atoms with Crippen LogP contribution in [0.3, 0.4) is 0 Å². The van der Waals surface area contributed by atoms with Crippen molar-refractivity contribution in [1.29, 1.82) is 0 Å². The minimum absolute atomic E-state index is 0.000290. The predicted molar refractivity (Wildman–Crippen MR) is 131 cm³/mol. The van der Waals surface area contributed by atoms with Gasteiger partial charge in [-0.3, -0.25) is 9.78 Å². The lowest BCUT2D eigenvalue weighted by atomic mass is 9.89. The zero-order chi connectivity index (χ0) is 23.4. The molecule has 2 atom stereocenters. The number of carboxylic acids is 1. The van der Waals surface area contributed by atoms with Crippen LogP contribution in [0.2, 0.25) is 5.02 Å². The van der Waals surface area contributed by atoms with Crippen molar-refractivity contribution in [1.82, 2.24) is 4.98 Å². The molecule has 6 heteroatoms. The number of amides is 1. The van der Waals surface area contributed by atoms with Crippen LogP contribution in [0.4, 0.5) is 5.69 Å². The van der Waals surface area contributed by atoms with Crippen molar-refractivity contribution >= 4 is 29.2 Å². The molecular formula is C28H19ClN2O3. The standard InChI is InChI=1S/C28H19ClN2O3/c29-24-14-25-22(13-21(24)18-3-1-16(2-4-18)17-9-11-30-12-10-17)28(27(34)31-25)15-23(28)19-5-7-20(8-6-19)26(32)33/h1-14,23H,15H2,(H,31,34)(H,32,33). The van der Waals surface area contributed by atoms with Crippen molar-refractivity contribution in [3.8, 4) is 22.3 Å². The molecule has 1 aliphatic carbocycles. The molecular weight excluding hydrogens is 448 g/mol. The quantitative estimate of drug-likeness (QED) is 0.378. The Balaban J connectivity index is 1.36. The molecule has 0 saturated heterocycles. The molecule has 1 fully saturated rings. The molecule has 2 N–H and O–H groups in total. The van der Waals surface area contributed by atoms with Gasteiger partial charge in [0.05, 0.1) is 16.0 Å². The van der Waals surface area contributed by atoms with E-state index in [1.165, 1.54) is 0 Å². The average molecular weight is 467 g/mol. The second-order valence-electron chi connectivity index (χ2n) is 8.80. The third-order valence-electron chi connectivity index (χ3n) is 6.97. The van der Waals surface area contributed by atoms with Crippen LogP contribution in [-0.4, -0.2) is 22.0 Å². The molecule has 1 aliphatic heterocycles. The van der Waals surface area contributed by atoms with Gasteiger partial charge in [0.2, 0.25) is 5.91 Å². The Morgan fingerprint density at radius 1 is 0.941 bits per heavy atom. The number of hydrogen-bond acceptors (Lipinski definition) is 3. The number of pyridine rings is 1.